The van der Waals surface area contributed by atoms with Gasteiger partial charge in [-0.05, 0) is 56.6 Å². The Morgan fingerprint density at radius 1 is 1.00 bits per heavy atom. The summed E-state index contributed by atoms with van der Waals surface area (Å²) in [6, 6.07) is 1.60. The molecule has 0 spiro atoms. The van der Waals surface area contributed by atoms with E-state index in [1.54, 1.807) is 11.3 Å². The molecule has 4 rings (SSSR count). The number of hydrogen-bond donors (Lipinski definition) is 1. The maximum Gasteiger partial charge on any atom is 0.0495 e. The molecule has 2 nitrogen and oxygen atoms in total. The predicted molar refractivity (Wildman–Crippen MR) is 69.7 cm³/mol. The molecule has 1 aliphatic carbocycles. The summed E-state index contributed by atoms with van der Waals surface area (Å²) in [5, 5.41) is 3.97. The quantitative estimate of drug-likeness (QED) is 0.691. The van der Waals surface area contributed by atoms with Crippen LogP contribution in [0, 0.1) is 5.92 Å². The average Bonchev–Trinajstić information content (AvgIpc) is 2.85. The minimum absolute atomic E-state index is 0.779. The Bertz CT molecular complexity index is 347. The summed E-state index contributed by atoms with van der Waals surface area (Å²) in [6.07, 6.45) is 11.4. The van der Waals surface area contributed by atoms with Crippen LogP contribution in [0.5, 0.6) is 0 Å². The largest absolute Gasteiger partial charge is 0.384 e. The minimum atomic E-state index is 0.779. The Labute approximate surface area is 104 Å². The van der Waals surface area contributed by atoms with Crippen molar-refractivity contribution in [2.75, 3.05) is 13.1 Å². The lowest BCUT2D eigenvalue weighted by molar-refractivity contribution is 0.197. The molecule has 1 N–H and O–H groups in total. The third-order valence-electron chi connectivity index (χ3n) is 5.54. The highest BCUT2D eigenvalue weighted by Crippen LogP contribution is 2.40. The number of nitrogens with zero attached hydrogens (tertiary/aromatic N) is 1. The van der Waals surface area contributed by atoms with Gasteiger partial charge in [0.15, 0.2) is 0 Å². The zero-order valence-corrected chi connectivity index (χ0v) is 10.8. The Kier molecular flexibility index (Phi) is 2.46. The van der Waals surface area contributed by atoms with Crippen molar-refractivity contribution in [1.82, 2.24) is 10.2 Å². The third kappa shape index (κ3) is 1.64. The van der Waals surface area contributed by atoms with Gasteiger partial charge in [-0.3, -0.25) is 4.90 Å². The van der Waals surface area contributed by atoms with E-state index in [1.807, 2.05) is 0 Å². The normalized spacial score (nSPS) is 41.5. The van der Waals surface area contributed by atoms with E-state index in [4.69, 9.17) is 0 Å². The highest BCUT2D eigenvalue weighted by molar-refractivity contribution is 5.27. The number of fused-ring (bicyclic) bond motifs is 3. The van der Waals surface area contributed by atoms with Gasteiger partial charge in [0.05, 0.1) is 0 Å². The standard InChI is InChI=1S/C15H24N2/c1-2-5-13-11(4-1)10-12-7-9-17-8-3-6-14(17)15(12)16-13/h11,13-14,16H,1-10H2. The van der Waals surface area contributed by atoms with Crippen LogP contribution >= 0.6 is 0 Å². The van der Waals surface area contributed by atoms with Gasteiger partial charge in [0.25, 0.3) is 0 Å². The number of nitrogens with one attached hydrogen (secondary N) is 1. The summed E-state index contributed by atoms with van der Waals surface area (Å²) >= 11 is 0. The molecule has 4 aliphatic rings. The van der Waals surface area contributed by atoms with Gasteiger partial charge in [-0.2, -0.15) is 0 Å². The molecule has 2 heteroatoms. The van der Waals surface area contributed by atoms with Crippen molar-refractivity contribution < 1.29 is 0 Å². The first kappa shape index (κ1) is 10.4. The first-order valence-electron chi connectivity index (χ1n) is 7.64. The molecule has 1 saturated heterocycles. The van der Waals surface area contributed by atoms with Crippen molar-refractivity contribution in [2.24, 2.45) is 5.92 Å². The van der Waals surface area contributed by atoms with Gasteiger partial charge in [-0.25, -0.2) is 0 Å². The van der Waals surface area contributed by atoms with Crippen molar-refractivity contribution in [2.45, 2.75) is 63.5 Å². The Morgan fingerprint density at radius 2 is 1.94 bits per heavy atom. The Balaban J connectivity index is 1.62. The molecule has 0 aromatic rings. The molecule has 94 valence electrons. The molecule has 0 aromatic heterocycles. The molecule has 2 fully saturated rings. The van der Waals surface area contributed by atoms with Gasteiger partial charge < -0.3 is 5.32 Å². The summed E-state index contributed by atoms with van der Waals surface area (Å²) in [6.45, 7) is 2.68. The first-order valence-corrected chi connectivity index (χ1v) is 7.64. The lowest BCUT2D eigenvalue weighted by atomic mass is 9.75. The third-order valence-corrected chi connectivity index (χ3v) is 5.54. The summed E-state index contributed by atoms with van der Waals surface area (Å²) < 4.78 is 0. The van der Waals surface area contributed by atoms with E-state index in [1.165, 1.54) is 64.5 Å². The fourth-order valence-corrected chi connectivity index (χ4v) is 4.64. The highest BCUT2D eigenvalue weighted by Gasteiger charge is 2.39. The van der Waals surface area contributed by atoms with E-state index in [9.17, 15) is 0 Å². The molecule has 1 saturated carbocycles. The van der Waals surface area contributed by atoms with Crippen LogP contribution in [-0.4, -0.2) is 30.1 Å². The number of rotatable bonds is 0. The van der Waals surface area contributed by atoms with E-state index >= 15 is 0 Å². The molecule has 3 heterocycles. The lowest BCUT2D eigenvalue weighted by Gasteiger charge is -2.45. The average molecular weight is 232 g/mol. The lowest BCUT2D eigenvalue weighted by Crippen LogP contribution is -2.50. The second-order valence-electron chi connectivity index (χ2n) is 6.46. The van der Waals surface area contributed by atoms with Gasteiger partial charge in [0.1, 0.15) is 0 Å². The minimum Gasteiger partial charge on any atom is -0.384 e. The van der Waals surface area contributed by atoms with Gasteiger partial charge >= 0.3 is 0 Å². The smallest absolute Gasteiger partial charge is 0.0495 e. The van der Waals surface area contributed by atoms with E-state index in [2.05, 4.69) is 10.2 Å². The van der Waals surface area contributed by atoms with E-state index in [0.717, 1.165) is 18.0 Å². The van der Waals surface area contributed by atoms with Crippen LogP contribution in [0.2, 0.25) is 0 Å². The Hall–Kier alpha value is -0.500. The molecule has 3 aliphatic heterocycles. The topological polar surface area (TPSA) is 15.3 Å². The molecule has 17 heavy (non-hydrogen) atoms. The van der Waals surface area contributed by atoms with Crippen LogP contribution in [0.25, 0.3) is 0 Å². The van der Waals surface area contributed by atoms with Crippen molar-refractivity contribution in [3.05, 3.63) is 11.3 Å². The zero-order valence-electron chi connectivity index (χ0n) is 10.8. The second kappa shape index (κ2) is 4.01. The fourth-order valence-electron chi connectivity index (χ4n) is 4.64. The Morgan fingerprint density at radius 3 is 2.94 bits per heavy atom. The van der Waals surface area contributed by atoms with Crippen LogP contribution in [-0.2, 0) is 0 Å². The fraction of sp³-hybridized carbons (Fsp3) is 0.867. The monoisotopic (exact) mass is 232 g/mol. The van der Waals surface area contributed by atoms with Crippen LogP contribution in [0.3, 0.4) is 0 Å². The molecule has 0 aromatic carbocycles. The van der Waals surface area contributed by atoms with Gasteiger partial charge in [-0.15, -0.1) is 0 Å². The van der Waals surface area contributed by atoms with Crippen molar-refractivity contribution >= 4 is 0 Å². The first-order chi connectivity index (χ1) is 8.42. The van der Waals surface area contributed by atoms with Gasteiger partial charge in [-0.1, -0.05) is 12.8 Å². The molecular weight excluding hydrogens is 208 g/mol. The van der Waals surface area contributed by atoms with Crippen molar-refractivity contribution in [3.63, 3.8) is 0 Å². The molecule has 0 bridgehead atoms. The number of hydrogen-bond acceptors (Lipinski definition) is 2. The summed E-state index contributed by atoms with van der Waals surface area (Å²) in [4.78, 5) is 2.72. The molecule has 0 amide bonds. The van der Waals surface area contributed by atoms with Crippen LogP contribution in [0.15, 0.2) is 11.3 Å². The SMILES string of the molecule is C1CCC2NC3=C(CCN4CCCC34)CC2C1. The van der Waals surface area contributed by atoms with Gasteiger partial charge in [0, 0.05) is 24.3 Å². The summed E-state index contributed by atoms with van der Waals surface area (Å²) in [5.74, 6) is 0.968. The molecular formula is C15H24N2. The van der Waals surface area contributed by atoms with Crippen LogP contribution in [0.4, 0.5) is 0 Å². The molecule has 0 radical (unpaired) electrons. The summed E-state index contributed by atoms with van der Waals surface area (Å²) in [5.41, 5.74) is 3.48. The second-order valence-corrected chi connectivity index (χ2v) is 6.46. The predicted octanol–water partition coefficient (Wildman–Crippen LogP) is 2.66. The van der Waals surface area contributed by atoms with E-state index in [0.29, 0.717) is 0 Å². The maximum atomic E-state index is 3.97. The van der Waals surface area contributed by atoms with Crippen molar-refractivity contribution in [3.8, 4) is 0 Å². The molecule has 3 atom stereocenters. The van der Waals surface area contributed by atoms with E-state index < -0.39 is 0 Å². The van der Waals surface area contributed by atoms with E-state index in [-0.39, 0.29) is 0 Å². The highest BCUT2D eigenvalue weighted by atomic mass is 15.2. The summed E-state index contributed by atoms with van der Waals surface area (Å²) in [7, 11) is 0. The van der Waals surface area contributed by atoms with Gasteiger partial charge in [0.2, 0.25) is 0 Å². The molecule has 3 unspecified atom stereocenters. The van der Waals surface area contributed by atoms with Crippen molar-refractivity contribution in [1.29, 1.82) is 0 Å². The zero-order chi connectivity index (χ0) is 11.2. The van der Waals surface area contributed by atoms with Crippen LogP contribution in [0.1, 0.15) is 51.4 Å². The maximum absolute atomic E-state index is 3.97. The van der Waals surface area contributed by atoms with Crippen LogP contribution < -0.4 is 5.32 Å².